The van der Waals surface area contributed by atoms with Gasteiger partial charge in [-0.05, 0) is 25.0 Å². The van der Waals surface area contributed by atoms with Gasteiger partial charge in [0.1, 0.15) is 5.75 Å². The van der Waals surface area contributed by atoms with Crippen LogP contribution in [0.2, 0.25) is 0 Å². The van der Waals surface area contributed by atoms with E-state index in [1.54, 1.807) is 36.4 Å². The summed E-state index contributed by atoms with van der Waals surface area (Å²) in [5.74, 6) is -1.02. The minimum absolute atomic E-state index is 0.134. The highest BCUT2D eigenvalue weighted by molar-refractivity contribution is 5.92. The van der Waals surface area contributed by atoms with Gasteiger partial charge in [-0.2, -0.15) is 0 Å². The molecule has 0 aromatic heterocycles. The summed E-state index contributed by atoms with van der Waals surface area (Å²) in [5.41, 5.74) is 0.556. The van der Waals surface area contributed by atoms with Gasteiger partial charge in [0, 0.05) is 17.7 Å². The summed E-state index contributed by atoms with van der Waals surface area (Å²) >= 11 is 0. The normalized spacial score (nSPS) is 9.95. The van der Waals surface area contributed by atoms with E-state index in [1.807, 2.05) is 0 Å². The van der Waals surface area contributed by atoms with E-state index in [0.717, 1.165) is 0 Å². The molecule has 0 unspecified atom stereocenters. The summed E-state index contributed by atoms with van der Waals surface area (Å²) in [4.78, 5) is 22.6. The number of hydrogen-bond acceptors (Lipinski definition) is 3. The van der Waals surface area contributed by atoms with Gasteiger partial charge in [-0.15, -0.1) is 13.2 Å². The molecule has 0 radical (unpaired) electrons. The van der Waals surface area contributed by atoms with Crippen LogP contribution in [-0.2, 0) is 9.59 Å². The number of carbonyl (C=O) groups is 2. The van der Waals surface area contributed by atoms with Crippen LogP contribution in [-0.4, -0.2) is 23.6 Å². The lowest BCUT2D eigenvalue weighted by atomic mass is 10.0. The van der Waals surface area contributed by atoms with Crippen LogP contribution in [0.1, 0.15) is 12.8 Å². The summed E-state index contributed by atoms with van der Waals surface area (Å²) in [6.45, 7) is 6.85. The Bertz CT molecular complexity index is 515. The van der Waals surface area contributed by atoms with Crippen molar-refractivity contribution in [2.45, 2.75) is 12.8 Å². The molecule has 0 atom stereocenters. The predicted molar refractivity (Wildman–Crippen MR) is 81.3 cm³/mol. The molecule has 0 fully saturated rings. The highest BCUT2D eigenvalue weighted by atomic mass is 16.5. The Morgan fingerprint density at radius 3 is 2.52 bits per heavy atom. The molecule has 21 heavy (non-hydrogen) atoms. The summed E-state index contributed by atoms with van der Waals surface area (Å²) in [5, 5.41) is 11.3. The second kappa shape index (κ2) is 8.58. The van der Waals surface area contributed by atoms with Crippen LogP contribution in [0.15, 0.2) is 49.6 Å². The molecule has 0 aliphatic carbocycles. The zero-order valence-corrected chi connectivity index (χ0v) is 11.7. The van der Waals surface area contributed by atoms with Crippen molar-refractivity contribution in [3.8, 4) is 5.75 Å². The van der Waals surface area contributed by atoms with Crippen LogP contribution >= 0.6 is 0 Å². The molecular weight excluding hydrogens is 270 g/mol. The van der Waals surface area contributed by atoms with Crippen LogP contribution in [0, 0.1) is 5.92 Å². The topological polar surface area (TPSA) is 75.6 Å². The minimum atomic E-state index is -1.05. The van der Waals surface area contributed by atoms with Gasteiger partial charge in [0.2, 0.25) is 5.91 Å². The van der Waals surface area contributed by atoms with Gasteiger partial charge < -0.3 is 15.2 Å². The smallest absolute Gasteiger partial charge is 0.341 e. The third kappa shape index (κ3) is 5.95. The Hall–Kier alpha value is -2.56. The maximum Gasteiger partial charge on any atom is 0.341 e. The molecule has 2 N–H and O–H groups in total. The molecule has 1 rings (SSSR count). The molecule has 1 aromatic rings. The van der Waals surface area contributed by atoms with Gasteiger partial charge in [-0.25, -0.2) is 4.79 Å². The van der Waals surface area contributed by atoms with Crippen LogP contribution in [0.3, 0.4) is 0 Å². The van der Waals surface area contributed by atoms with E-state index in [1.165, 1.54) is 0 Å². The number of benzene rings is 1. The number of anilines is 1. The van der Waals surface area contributed by atoms with E-state index in [9.17, 15) is 9.59 Å². The number of carbonyl (C=O) groups excluding carboxylic acids is 1. The SMILES string of the molecule is C=CCC(CC=C)C(=O)Nc1cccc(OCC(=O)O)c1. The molecule has 5 nitrogen and oxygen atoms in total. The van der Waals surface area contributed by atoms with Crippen LogP contribution in [0.25, 0.3) is 0 Å². The molecule has 0 saturated carbocycles. The Morgan fingerprint density at radius 2 is 1.95 bits per heavy atom. The highest BCUT2D eigenvalue weighted by Crippen LogP contribution is 2.19. The summed E-state index contributed by atoms with van der Waals surface area (Å²) in [6, 6.07) is 6.61. The molecule has 0 heterocycles. The zero-order valence-electron chi connectivity index (χ0n) is 11.7. The first kappa shape index (κ1) is 16.5. The number of rotatable bonds is 9. The number of allylic oxidation sites excluding steroid dienone is 2. The van der Waals surface area contributed by atoms with Crippen molar-refractivity contribution in [3.05, 3.63) is 49.6 Å². The lowest BCUT2D eigenvalue weighted by Gasteiger charge is -2.14. The molecule has 0 aliphatic rings. The van der Waals surface area contributed by atoms with Crippen molar-refractivity contribution in [2.75, 3.05) is 11.9 Å². The third-order valence-corrected chi connectivity index (χ3v) is 2.74. The predicted octanol–water partition coefficient (Wildman–Crippen LogP) is 2.86. The van der Waals surface area contributed by atoms with Gasteiger partial charge in [0.15, 0.2) is 6.61 Å². The Labute approximate surface area is 123 Å². The van der Waals surface area contributed by atoms with Crippen molar-refractivity contribution in [1.29, 1.82) is 0 Å². The first-order valence-corrected chi connectivity index (χ1v) is 6.54. The fourth-order valence-corrected chi connectivity index (χ4v) is 1.77. The van der Waals surface area contributed by atoms with Gasteiger partial charge >= 0.3 is 5.97 Å². The summed E-state index contributed by atoms with van der Waals surface area (Å²) < 4.78 is 5.06. The van der Waals surface area contributed by atoms with E-state index >= 15 is 0 Å². The van der Waals surface area contributed by atoms with Crippen molar-refractivity contribution >= 4 is 17.6 Å². The first-order chi connectivity index (χ1) is 10.1. The number of amides is 1. The number of nitrogens with one attached hydrogen (secondary N) is 1. The average molecular weight is 289 g/mol. The van der Waals surface area contributed by atoms with Crippen LogP contribution in [0.5, 0.6) is 5.75 Å². The van der Waals surface area contributed by atoms with Crippen LogP contribution in [0.4, 0.5) is 5.69 Å². The average Bonchev–Trinajstić information content (AvgIpc) is 2.45. The monoisotopic (exact) mass is 289 g/mol. The molecule has 0 spiro atoms. The first-order valence-electron chi connectivity index (χ1n) is 6.54. The maximum atomic E-state index is 12.1. The van der Waals surface area contributed by atoms with E-state index < -0.39 is 12.6 Å². The lowest BCUT2D eigenvalue weighted by Crippen LogP contribution is -2.22. The zero-order chi connectivity index (χ0) is 15.7. The Kier molecular flexibility index (Phi) is 6.74. The number of hydrogen-bond donors (Lipinski definition) is 2. The van der Waals surface area contributed by atoms with Crippen molar-refractivity contribution in [2.24, 2.45) is 5.92 Å². The van der Waals surface area contributed by atoms with E-state index in [2.05, 4.69) is 18.5 Å². The second-order valence-electron chi connectivity index (χ2n) is 4.45. The lowest BCUT2D eigenvalue weighted by molar-refractivity contribution is -0.139. The van der Waals surface area contributed by atoms with Crippen molar-refractivity contribution in [3.63, 3.8) is 0 Å². The second-order valence-corrected chi connectivity index (χ2v) is 4.45. The van der Waals surface area contributed by atoms with Gasteiger partial charge in [0.05, 0.1) is 0 Å². The van der Waals surface area contributed by atoms with Gasteiger partial charge in [-0.3, -0.25) is 4.79 Å². The van der Waals surface area contributed by atoms with E-state index in [0.29, 0.717) is 24.3 Å². The Balaban J connectivity index is 2.70. The maximum absolute atomic E-state index is 12.1. The highest BCUT2D eigenvalue weighted by Gasteiger charge is 2.15. The fraction of sp³-hybridized carbons (Fsp3) is 0.250. The quantitative estimate of drug-likeness (QED) is 0.685. The molecule has 112 valence electrons. The number of carboxylic acids is 1. The molecule has 1 aromatic carbocycles. The largest absolute Gasteiger partial charge is 0.482 e. The van der Waals surface area contributed by atoms with Crippen molar-refractivity contribution in [1.82, 2.24) is 0 Å². The molecule has 0 aliphatic heterocycles. The van der Waals surface area contributed by atoms with Gasteiger partial charge in [-0.1, -0.05) is 18.2 Å². The number of carboxylic acid groups (broad SMARTS) is 1. The van der Waals surface area contributed by atoms with Crippen molar-refractivity contribution < 1.29 is 19.4 Å². The third-order valence-electron chi connectivity index (χ3n) is 2.74. The molecule has 1 amide bonds. The number of ether oxygens (including phenoxy) is 1. The standard InChI is InChI=1S/C16H19NO4/c1-3-6-12(7-4-2)16(20)17-13-8-5-9-14(10-13)21-11-15(18)19/h3-5,8-10,12H,1-2,6-7,11H2,(H,17,20)(H,18,19). The molecule has 0 saturated heterocycles. The molecule has 5 heteroatoms. The molecular formula is C16H19NO4. The summed E-state index contributed by atoms with van der Waals surface area (Å²) in [7, 11) is 0. The Morgan fingerprint density at radius 1 is 1.29 bits per heavy atom. The van der Waals surface area contributed by atoms with E-state index in [4.69, 9.17) is 9.84 Å². The van der Waals surface area contributed by atoms with Gasteiger partial charge in [0.25, 0.3) is 0 Å². The summed E-state index contributed by atoms with van der Waals surface area (Å²) in [6.07, 6.45) is 4.51. The van der Waals surface area contributed by atoms with E-state index in [-0.39, 0.29) is 11.8 Å². The fourth-order valence-electron chi connectivity index (χ4n) is 1.77. The van der Waals surface area contributed by atoms with Crippen LogP contribution < -0.4 is 10.1 Å². The minimum Gasteiger partial charge on any atom is -0.482 e. The molecule has 0 bridgehead atoms. The number of aliphatic carboxylic acids is 1.